The zero-order valence-corrected chi connectivity index (χ0v) is 61.7. The minimum atomic E-state index is -0.360. The SMILES string of the molecule is C.C.COc1ccc(Cn2nnc3c(=O)[nH]c(-c4ccc(-c5ccc(-c6nn[nH]n6)cc5)cc4OC4CCCC4)nc32)cc1.O=c1[nH]c(-c2ccc(-c3ccc(-c4nn[nH]n4)cc3)cc2OC2CCCC2)nc2n[nH]nc12.[C-]#[N+]c1ccc(-c2ccc(-c3nc4c(nnn4Cc4ccc(OC)cc4)c(=O)[nH]3)c(OC3CCCC3)c2)cc1. The number of nitrogens with one attached hydrogen (secondary N) is 6. The predicted molar refractivity (Wildman–Crippen MR) is 436 cm³/mol. The number of benzene rings is 8. The monoisotopic (exact) mass is 1550 g/mol. The molecule has 19 rings (SSSR count). The molecular weight excluding hydrogens is 1470 g/mol. The van der Waals surface area contributed by atoms with E-state index in [1.54, 1.807) is 35.7 Å². The van der Waals surface area contributed by atoms with Crippen LogP contribution in [0.2, 0.25) is 0 Å². The fourth-order valence-electron chi connectivity index (χ4n) is 14.4. The number of rotatable bonds is 20. The summed E-state index contributed by atoms with van der Waals surface area (Å²) in [7, 11) is 3.25. The number of nitrogens with zero attached hydrogens (tertiary/aromatic N) is 18. The highest BCUT2D eigenvalue weighted by atomic mass is 16.5. The zero-order chi connectivity index (χ0) is 77.4. The highest BCUT2D eigenvalue weighted by Gasteiger charge is 2.26. The average Bonchev–Trinajstić information content (AvgIpc) is 1.73. The molecule has 3 fully saturated rings. The third-order valence-electron chi connectivity index (χ3n) is 20.4. The van der Waals surface area contributed by atoms with Crippen molar-refractivity contribution in [1.29, 1.82) is 0 Å². The van der Waals surface area contributed by atoms with Crippen molar-refractivity contribution in [3.63, 3.8) is 0 Å². The van der Waals surface area contributed by atoms with Gasteiger partial charge in [0.25, 0.3) is 16.7 Å². The molecule has 0 amide bonds. The molecule has 0 unspecified atom stereocenters. The molecule has 32 nitrogen and oxygen atoms in total. The first-order valence-corrected chi connectivity index (χ1v) is 37.3. The van der Waals surface area contributed by atoms with E-state index >= 15 is 0 Å². The Balaban J connectivity index is 0.000000136. The van der Waals surface area contributed by atoms with E-state index in [1.165, 1.54) is 0 Å². The summed E-state index contributed by atoms with van der Waals surface area (Å²) in [6, 6.07) is 56.3. The third kappa shape index (κ3) is 16.7. The molecule has 3 saturated carbocycles. The van der Waals surface area contributed by atoms with Crippen molar-refractivity contribution in [2.45, 2.75) is 123 Å². The van der Waals surface area contributed by atoms with Gasteiger partial charge in [-0.2, -0.15) is 15.6 Å². The highest BCUT2D eigenvalue weighted by molar-refractivity contribution is 5.81. The molecular formula is C84H80N24O8. The molecule has 16 aromatic rings. The average molecular weight is 1550 g/mol. The van der Waals surface area contributed by atoms with Crippen molar-refractivity contribution >= 4 is 39.2 Å². The summed E-state index contributed by atoms with van der Waals surface area (Å²) >= 11 is 0. The van der Waals surface area contributed by atoms with Crippen LogP contribution in [0.15, 0.2) is 190 Å². The molecule has 32 heteroatoms. The van der Waals surface area contributed by atoms with Crippen LogP contribution in [0.1, 0.15) is 103 Å². The van der Waals surface area contributed by atoms with E-state index in [0.717, 1.165) is 144 Å². The van der Waals surface area contributed by atoms with Crippen molar-refractivity contribution in [1.82, 2.24) is 117 Å². The molecule has 6 N–H and O–H groups in total. The summed E-state index contributed by atoms with van der Waals surface area (Å²) < 4.78 is 33.2. The van der Waals surface area contributed by atoms with Gasteiger partial charge < -0.3 is 38.6 Å². The number of methoxy groups -OCH3 is 2. The number of tetrazole rings is 2. The molecule has 0 saturated heterocycles. The number of aromatic nitrogens is 23. The molecule has 8 aromatic heterocycles. The molecule has 116 heavy (non-hydrogen) atoms. The van der Waals surface area contributed by atoms with E-state index in [0.29, 0.717) is 93.1 Å². The minimum Gasteiger partial charge on any atom is -0.497 e. The number of H-pyrrole nitrogens is 6. The first-order chi connectivity index (χ1) is 56.0. The number of hydrogen-bond donors (Lipinski definition) is 6. The quantitative estimate of drug-likeness (QED) is 0.0386. The normalized spacial score (nSPS) is 13.5. The lowest BCUT2D eigenvalue weighted by Gasteiger charge is -2.18. The van der Waals surface area contributed by atoms with Crippen LogP contribution in [0.3, 0.4) is 0 Å². The second-order valence-corrected chi connectivity index (χ2v) is 27.8. The van der Waals surface area contributed by atoms with Crippen LogP contribution in [0.4, 0.5) is 5.69 Å². The van der Waals surface area contributed by atoms with Crippen molar-refractivity contribution < 1.29 is 23.7 Å². The van der Waals surface area contributed by atoms with Crippen molar-refractivity contribution in [3.05, 3.63) is 230 Å². The summed E-state index contributed by atoms with van der Waals surface area (Å²) in [5.41, 5.74) is 12.8. The Morgan fingerprint density at radius 2 is 0.750 bits per heavy atom. The van der Waals surface area contributed by atoms with Crippen LogP contribution in [0, 0.1) is 6.57 Å². The molecule has 0 bridgehead atoms. The van der Waals surface area contributed by atoms with Crippen molar-refractivity contribution in [2.75, 3.05) is 14.2 Å². The third-order valence-corrected chi connectivity index (χ3v) is 20.4. The number of hydrogen-bond acceptors (Lipinski definition) is 23. The van der Waals surface area contributed by atoms with Crippen LogP contribution < -0.4 is 40.4 Å². The molecule has 8 aromatic carbocycles. The maximum absolute atomic E-state index is 13.1. The van der Waals surface area contributed by atoms with Crippen LogP contribution in [0.5, 0.6) is 28.7 Å². The van der Waals surface area contributed by atoms with Gasteiger partial charge >= 0.3 is 0 Å². The Bertz CT molecular complexity index is 6300. The maximum Gasteiger partial charge on any atom is 0.281 e. The predicted octanol–water partition coefficient (Wildman–Crippen LogP) is 14.3. The Hall–Kier alpha value is -14.8. The van der Waals surface area contributed by atoms with Gasteiger partial charge in [-0.25, -0.2) is 29.2 Å². The Labute approximate surface area is 662 Å². The lowest BCUT2D eigenvalue weighted by molar-refractivity contribution is 0.211. The van der Waals surface area contributed by atoms with Gasteiger partial charge in [0.2, 0.25) is 17.3 Å². The largest absolute Gasteiger partial charge is 0.497 e. The van der Waals surface area contributed by atoms with Crippen LogP contribution in [-0.4, -0.2) is 149 Å². The fraction of sp³-hybridized carbons (Fsp3) is 0.250. The smallest absolute Gasteiger partial charge is 0.281 e. The molecule has 0 aliphatic heterocycles. The minimum absolute atomic E-state index is 0. The van der Waals surface area contributed by atoms with Gasteiger partial charge in [-0.1, -0.05) is 141 Å². The number of ether oxygens (including phenoxy) is 5. The summed E-state index contributed by atoms with van der Waals surface area (Å²) in [4.78, 5) is 64.8. The van der Waals surface area contributed by atoms with Gasteiger partial charge in [-0.3, -0.25) is 14.4 Å². The van der Waals surface area contributed by atoms with Crippen molar-refractivity contribution in [3.8, 4) is 119 Å². The van der Waals surface area contributed by atoms with E-state index < -0.39 is 0 Å². The van der Waals surface area contributed by atoms with Gasteiger partial charge in [-0.05, 0) is 193 Å². The molecule has 0 radical (unpaired) electrons. The van der Waals surface area contributed by atoms with E-state index in [1.807, 2.05) is 164 Å². The van der Waals surface area contributed by atoms with Crippen molar-refractivity contribution in [2.24, 2.45) is 0 Å². The van der Waals surface area contributed by atoms with E-state index in [9.17, 15) is 14.4 Å². The Kier molecular flexibility index (Phi) is 22.8. The molecule has 3 aliphatic rings. The molecule has 3 aliphatic carbocycles. The lowest BCUT2D eigenvalue weighted by Crippen LogP contribution is -2.14. The van der Waals surface area contributed by atoms with E-state index in [2.05, 4.69) is 102 Å². The van der Waals surface area contributed by atoms with Crippen LogP contribution in [-0.2, 0) is 13.1 Å². The van der Waals surface area contributed by atoms with Gasteiger partial charge in [0.1, 0.15) is 46.2 Å². The maximum atomic E-state index is 13.1. The van der Waals surface area contributed by atoms with E-state index in [4.69, 9.17) is 40.2 Å². The molecule has 0 spiro atoms. The lowest BCUT2D eigenvalue weighted by atomic mass is 10.0. The first-order valence-electron chi connectivity index (χ1n) is 37.3. The van der Waals surface area contributed by atoms with Crippen LogP contribution in [0.25, 0.3) is 129 Å². The second-order valence-electron chi connectivity index (χ2n) is 27.8. The van der Waals surface area contributed by atoms with Gasteiger partial charge in [0.15, 0.2) is 33.5 Å². The molecule has 0 atom stereocenters. The van der Waals surface area contributed by atoms with E-state index in [-0.39, 0.29) is 72.0 Å². The Morgan fingerprint density at radius 1 is 0.397 bits per heavy atom. The Morgan fingerprint density at radius 3 is 1.11 bits per heavy atom. The summed E-state index contributed by atoms with van der Waals surface area (Å²) in [5, 5.41) is 55.2. The first kappa shape index (κ1) is 76.6. The number of aromatic amines is 6. The number of fused-ring (bicyclic) bond motifs is 3. The summed E-state index contributed by atoms with van der Waals surface area (Å²) in [6.07, 6.45) is 13.2. The fourth-order valence-corrected chi connectivity index (χ4v) is 14.4. The summed E-state index contributed by atoms with van der Waals surface area (Å²) in [6.45, 7) is 8.02. The molecule has 8 heterocycles. The summed E-state index contributed by atoms with van der Waals surface area (Å²) in [5.74, 6) is 5.80. The zero-order valence-electron chi connectivity index (χ0n) is 61.7. The van der Waals surface area contributed by atoms with Gasteiger partial charge in [0.05, 0.1) is 68.9 Å². The standard InChI is InChI=1S/C30H27N9O3.C30H26N6O3.C22H19N9O2.2CH4/c1-41-22-13-6-18(7-14-22)17-39-29-26(33-38-39)30(40)32-28(31-29)24-15-12-21(16-25(24)42-23-4-2-3-5-23)19-8-10-20(11-9-19)27-34-36-37-35-27;1-31-22-12-9-20(10-13-22)21-11-16-25(26(17-21)39-24-5-3-4-6-24)28-32-29-27(30(37)33-28)34-35-36(29)18-19-7-14-23(38-2)15-8-19;32-22-18-21(28-29-25-18)23-20(24-22)16-10-9-14(11-17(16)33-15-3-1-2-4-15)12-5-7-13(8-6-12)19-26-30-31-27-19;;/h6-16,23H,2-5,17H2,1H3,(H,31,32,40)(H,34,35,36,37);7-17,24H,3-6,18H2,2H3,(H,32,33,37);5-11,15H,1-4H2,(H,26,27,30,31)(H2,23,24,25,28,29,32);2*1H4. The van der Waals surface area contributed by atoms with Gasteiger partial charge in [0, 0.05) is 11.1 Å². The highest BCUT2D eigenvalue weighted by Crippen LogP contribution is 2.40. The van der Waals surface area contributed by atoms with Crippen LogP contribution >= 0.6 is 0 Å². The van der Waals surface area contributed by atoms with Gasteiger partial charge in [-0.15, -0.1) is 40.8 Å². The second kappa shape index (κ2) is 34.5. The molecule has 584 valence electrons. The topological polar surface area (TPSA) is 400 Å².